The van der Waals surface area contributed by atoms with Crippen LogP contribution in [0.4, 0.5) is 0 Å². The van der Waals surface area contributed by atoms with E-state index in [2.05, 4.69) is 5.32 Å². The van der Waals surface area contributed by atoms with Gasteiger partial charge in [0.1, 0.15) is 16.9 Å². The van der Waals surface area contributed by atoms with Crippen LogP contribution < -0.4 is 15.7 Å². The zero-order chi connectivity index (χ0) is 20.6. The zero-order valence-corrected chi connectivity index (χ0v) is 16.3. The summed E-state index contributed by atoms with van der Waals surface area (Å²) in [5.74, 6) is -0.503. The number of unbranched alkanes of at least 4 members (excludes halogenated alkanes) is 1. The molecule has 6 heteroatoms. The number of ether oxygens (including phenoxy) is 1. The third kappa shape index (κ3) is 5.54. The van der Waals surface area contributed by atoms with Crippen molar-refractivity contribution >= 4 is 22.8 Å². The number of hydrogen-bond donors (Lipinski definition) is 1. The van der Waals surface area contributed by atoms with Crippen molar-refractivity contribution in [2.45, 2.75) is 32.6 Å². The van der Waals surface area contributed by atoms with Crippen molar-refractivity contribution in [3.63, 3.8) is 0 Å². The number of nitrogens with one attached hydrogen (secondary N) is 1. The third-order valence-corrected chi connectivity index (χ3v) is 4.46. The molecule has 0 saturated carbocycles. The molecule has 6 nitrogen and oxygen atoms in total. The Morgan fingerprint density at radius 1 is 1.07 bits per heavy atom. The van der Waals surface area contributed by atoms with Gasteiger partial charge in [-0.25, -0.2) is 4.79 Å². The van der Waals surface area contributed by atoms with E-state index in [1.807, 2.05) is 37.3 Å². The first kappa shape index (κ1) is 20.3. The quantitative estimate of drug-likeness (QED) is 0.357. The SMILES string of the molecule is CCCCC(=O)Oc1ccc2cc(C(=O)NCCc3ccccc3)c(=O)oc2c1. The van der Waals surface area contributed by atoms with Crippen LogP contribution in [0.25, 0.3) is 11.0 Å². The Labute approximate surface area is 168 Å². The lowest BCUT2D eigenvalue weighted by Crippen LogP contribution is -2.29. The Kier molecular flexibility index (Phi) is 6.79. The smallest absolute Gasteiger partial charge is 0.349 e. The van der Waals surface area contributed by atoms with Gasteiger partial charge in [-0.3, -0.25) is 9.59 Å². The van der Waals surface area contributed by atoms with Crippen LogP contribution in [0, 0.1) is 0 Å². The molecule has 0 bridgehead atoms. The normalized spacial score (nSPS) is 10.7. The molecular formula is C23H23NO5. The minimum absolute atomic E-state index is 0.0572. The van der Waals surface area contributed by atoms with Gasteiger partial charge in [-0.2, -0.15) is 0 Å². The minimum Gasteiger partial charge on any atom is -0.426 e. The molecular weight excluding hydrogens is 370 g/mol. The molecule has 3 aromatic rings. The second kappa shape index (κ2) is 9.68. The van der Waals surface area contributed by atoms with E-state index in [1.165, 1.54) is 12.1 Å². The van der Waals surface area contributed by atoms with E-state index in [4.69, 9.17) is 9.15 Å². The fourth-order valence-electron chi connectivity index (χ4n) is 2.88. The Morgan fingerprint density at radius 3 is 2.62 bits per heavy atom. The number of hydrogen-bond acceptors (Lipinski definition) is 5. The maximum absolute atomic E-state index is 12.4. The maximum atomic E-state index is 12.4. The molecule has 150 valence electrons. The molecule has 0 unspecified atom stereocenters. The van der Waals surface area contributed by atoms with Gasteiger partial charge in [-0.1, -0.05) is 43.7 Å². The van der Waals surface area contributed by atoms with E-state index in [9.17, 15) is 14.4 Å². The number of benzene rings is 2. The van der Waals surface area contributed by atoms with Crippen LogP contribution in [0.15, 0.2) is 63.8 Å². The molecule has 29 heavy (non-hydrogen) atoms. The molecule has 0 spiro atoms. The first-order valence-electron chi connectivity index (χ1n) is 9.67. The van der Waals surface area contributed by atoms with Crippen molar-refractivity contribution in [1.82, 2.24) is 5.32 Å². The number of fused-ring (bicyclic) bond motifs is 1. The van der Waals surface area contributed by atoms with Crippen LogP contribution in [0.2, 0.25) is 0 Å². The second-order valence-electron chi connectivity index (χ2n) is 6.72. The highest BCUT2D eigenvalue weighted by Crippen LogP contribution is 2.21. The van der Waals surface area contributed by atoms with Crippen LogP contribution in [0.3, 0.4) is 0 Å². The van der Waals surface area contributed by atoms with Crippen LogP contribution in [-0.2, 0) is 11.2 Å². The number of esters is 1. The van der Waals surface area contributed by atoms with Crippen molar-refractivity contribution in [3.05, 3.63) is 76.1 Å². The lowest BCUT2D eigenvalue weighted by atomic mass is 10.1. The van der Waals surface area contributed by atoms with Crippen molar-refractivity contribution in [1.29, 1.82) is 0 Å². The number of carbonyl (C=O) groups is 2. The van der Waals surface area contributed by atoms with E-state index in [0.29, 0.717) is 30.5 Å². The van der Waals surface area contributed by atoms with Crippen LogP contribution >= 0.6 is 0 Å². The fraction of sp³-hybridized carbons (Fsp3) is 0.261. The van der Waals surface area contributed by atoms with Gasteiger partial charge in [0.15, 0.2) is 0 Å². The van der Waals surface area contributed by atoms with Gasteiger partial charge < -0.3 is 14.5 Å². The molecule has 0 aliphatic rings. The molecule has 0 aliphatic heterocycles. The molecule has 0 saturated heterocycles. The van der Waals surface area contributed by atoms with Gasteiger partial charge in [0.05, 0.1) is 0 Å². The average Bonchev–Trinajstić information content (AvgIpc) is 2.72. The highest BCUT2D eigenvalue weighted by molar-refractivity contribution is 5.96. The van der Waals surface area contributed by atoms with Gasteiger partial charge in [0, 0.05) is 24.4 Å². The molecule has 3 rings (SSSR count). The summed E-state index contributed by atoms with van der Waals surface area (Å²) in [4.78, 5) is 36.4. The first-order valence-corrected chi connectivity index (χ1v) is 9.67. The zero-order valence-electron chi connectivity index (χ0n) is 16.3. The van der Waals surface area contributed by atoms with Crippen LogP contribution in [0.1, 0.15) is 42.1 Å². The Balaban J connectivity index is 1.68. The number of amides is 1. The van der Waals surface area contributed by atoms with Crippen LogP contribution in [0.5, 0.6) is 5.75 Å². The molecule has 0 radical (unpaired) electrons. The van der Waals surface area contributed by atoms with Crippen molar-refractivity contribution in [2.75, 3.05) is 6.54 Å². The monoisotopic (exact) mass is 393 g/mol. The van der Waals surface area contributed by atoms with Gasteiger partial charge in [-0.15, -0.1) is 0 Å². The molecule has 2 aromatic carbocycles. The van der Waals surface area contributed by atoms with E-state index >= 15 is 0 Å². The Bertz CT molecular complexity index is 1060. The molecule has 0 aliphatic carbocycles. The van der Waals surface area contributed by atoms with E-state index in [-0.39, 0.29) is 17.1 Å². The van der Waals surface area contributed by atoms with Crippen molar-refractivity contribution in [2.24, 2.45) is 0 Å². The summed E-state index contributed by atoms with van der Waals surface area (Å²) in [7, 11) is 0. The standard InChI is InChI=1S/C23H23NO5/c1-2-3-9-21(25)28-18-11-10-17-14-19(23(27)29-20(17)15-18)22(26)24-13-12-16-7-5-4-6-8-16/h4-8,10-11,14-15H,2-3,9,12-13H2,1H3,(H,24,26). The molecule has 1 aromatic heterocycles. The van der Waals surface area contributed by atoms with E-state index < -0.39 is 11.5 Å². The predicted molar refractivity (Wildman–Crippen MR) is 110 cm³/mol. The van der Waals surface area contributed by atoms with Crippen LogP contribution in [-0.4, -0.2) is 18.4 Å². The largest absolute Gasteiger partial charge is 0.426 e. The van der Waals surface area contributed by atoms with E-state index in [1.54, 1.807) is 12.1 Å². The molecule has 1 heterocycles. The lowest BCUT2D eigenvalue weighted by molar-refractivity contribution is -0.134. The molecule has 0 fully saturated rings. The number of carbonyl (C=O) groups excluding carboxylic acids is 2. The Hall–Kier alpha value is -3.41. The average molecular weight is 393 g/mol. The summed E-state index contributed by atoms with van der Waals surface area (Å²) in [6.07, 6.45) is 2.65. The van der Waals surface area contributed by atoms with Crippen molar-refractivity contribution < 1.29 is 18.7 Å². The fourth-order valence-corrected chi connectivity index (χ4v) is 2.88. The summed E-state index contributed by atoms with van der Waals surface area (Å²) in [6, 6.07) is 16.0. The number of rotatable bonds is 8. The van der Waals surface area contributed by atoms with Gasteiger partial charge in [0.2, 0.25) is 0 Å². The second-order valence-corrected chi connectivity index (χ2v) is 6.72. The molecule has 1 amide bonds. The lowest BCUT2D eigenvalue weighted by Gasteiger charge is -2.07. The third-order valence-electron chi connectivity index (χ3n) is 4.46. The topological polar surface area (TPSA) is 85.6 Å². The molecule has 1 N–H and O–H groups in total. The van der Waals surface area contributed by atoms with Gasteiger partial charge >= 0.3 is 11.6 Å². The summed E-state index contributed by atoms with van der Waals surface area (Å²) >= 11 is 0. The van der Waals surface area contributed by atoms with E-state index in [0.717, 1.165) is 18.4 Å². The first-order chi connectivity index (χ1) is 14.1. The summed E-state index contributed by atoms with van der Waals surface area (Å²) in [5, 5.41) is 3.32. The van der Waals surface area contributed by atoms with Crippen molar-refractivity contribution in [3.8, 4) is 5.75 Å². The van der Waals surface area contributed by atoms with Gasteiger partial charge in [-0.05, 0) is 36.6 Å². The highest BCUT2D eigenvalue weighted by atomic mass is 16.5. The molecule has 0 atom stereocenters. The highest BCUT2D eigenvalue weighted by Gasteiger charge is 2.14. The summed E-state index contributed by atoms with van der Waals surface area (Å²) < 4.78 is 10.5. The van der Waals surface area contributed by atoms with Gasteiger partial charge in [0.25, 0.3) is 5.91 Å². The predicted octanol–water partition coefficient (Wildman–Crippen LogP) is 3.86. The summed E-state index contributed by atoms with van der Waals surface area (Å²) in [6.45, 7) is 2.40. The Morgan fingerprint density at radius 2 is 1.86 bits per heavy atom. The minimum atomic E-state index is -0.732. The maximum Gasteiger partial charge on any atom is 0.349 e. The summed E-state index contributed by atoms with van der Waals surface area (Å²) in [5.41, 5.74) is 0.568.